The third-order valence-electron chi connectivity index (χ3n) is 6.03. The molecule has 0 fully saturated rings. The van der Waals surface area contributed by atoms with Gasteiger partial charge < -0.3 is 5.48 Å². The fourth-order valence-corrected chi connectivity index (χ4v) is 11.6. The molecule has 0 aliphatic rings. The summed E-state index contributed by atoms with van der Waals surface area (Å²) in [6.07, 6.45) is 0. The third kappa shape index (κ3) is 8.60. The van der Waals surface area contributed by atoms with Crippen molar-refractivity contribution in [1.29, 1.82) is 0 Å². The van der Waals surface area contributed by atoms with Gasteiger partial charge in [0.05, 0.1) is 5.71 Å². The molecule has 3 N–H and O–H groups in total. The van der Waals surface area contributed by atoms with E-state index in [0.29, 0.717) is 5.95 Å². The number of hydrazone groups is 1. The fourth-order valence-electron chi connectivity index (χ4n) is 4.26. The first-order valence-corrected chi connectivity index (χ1v) is 17.0. The molecule has 1 radical (unpaired) electrons. The molecule has 5 nitrogen and oxygen atoms in total. The first kappa shape index (κ1) is 29.7. The molecule has 5 aromatic rings. The molecule has 0 spiro atoms. The van der Waals surface area contributed by atoms with Crippen LogP contribution in [-0.4, -0.2) is 40.9 Å². The van der Waals surface area contributed by atoms with Gasteiger partial charge in [0, 0.05) is 17.0 Å². The fraction of sp³-hybridized carbons (Fsp3) is 0.121. The number of hydrogen-bond donors (Lipinski definition) is 1. The summed E-state index contributed by atoms with van der Waals surface area (Å²) < 4.78 is 4.59. The number of aryl methyl sites for hydroxylation is 3. The Morgan fingerprint density at radius 3 is 1.46 bits per heavy atom. The SMILES string of the molecule is C/C(=N/Nc1nc(C)cc(C)n1)c1ccccc1C.O.c1cc[c]([Sn]([c]2ccccc2)[c]2ccccc2)cc1. The second-order valence-electron chi connectivity index (χ2n) is 9.07. The van der Waals surface area contributed by atoms with Gasteiger partial charge in [0.15, 0.2) is 0 Å². The maximum atomic E-state index is 4.35. The Bertz CT molecular complexity index is 1360. The van der Waals surface area contributed by atoms with Gasteiger partial charge in [-0.25, -0.2) is 15.4 Å². The molecule has 1 heterocycles. The van der Waals surface area contributed by atoms with Crippen LogP contribution in [0.5, 0.6) is 0 Å². The Balaban J connectivity index is 0.000000210. The van der Waals surface area contributed by atoms with Gasteiger partial charge in [-0.3, -0.25) is 0 Å². The molecule has 0 aliphatic carbocycles. The average molecular weight is 622 g/mol. The summed E-state index contributed by atoms with van der Waals surface area (Å²) in [6, 6.07) is 43.0. The van der Waals surface area contributed by atoms with E-state index in [1.165, 1.54) is 16.3 Å². The summed E-state index contributed by atoms with van der Waals surface area (Å²) >= 11 is -1.98. The predicted octanol–water partition coefficient (Wildman–Crippen LogP) is 4.62. The standard InChI is InChI=1S/C15H18N4.3C6H5.H2O.Sn/c1-10-7-5-6-8-14(10)13(4)18-19-15-16-11(2)9-12(3)17-15;3*1-2-4-6-5-3-1;;/h5-9H,1-4H3,(H,16,17,19);3*1-5H;1H2;/b18-13-;;;;;. The van der Waals surface area contributed by atoms with Crippen molar-refractivity contribution in [3.05, 3.63) is 144 Å². The monoisotopic (exact) mass is 623 g/mol. The molecule has 6 heteroatoms. The number of hydrogen-bond acceptors (Lipinski definition) is 4. The molecule has 0 saturated heterocycles. The van der Waals surface area contributed by atoms with Crippen LogP contribution in [0.2, 0.25) is 0 Å². The molecule has 0 unspecified atom stereocenters. The summed E-state index contributed by atoms with van der Waals surface area (Å²) in [7, 11) is 0. The minimum atomic E-state index is -1.98. The summed E-state index contributed by atoms with van der Waals surface area (Å²) in [5.74, 6) is 0.533. The molecule has 197 valence electrons. The van der Waals surface area contributed by atoms with E-state index in [4.69, 9.17) is 0 Å². The maximum absolute atomic E-state index is 4.35. The van der Waals surface area contributed by atoms with Gasteiger partial charge in [-0.05, 0) is 39.3 Å². The van der Waals surface area contributed by atoms with E-state index in [2.05, 4.69) is 131 Å². The van der Waals surface area contributed by atoms with Crippen molar-refractivity contribution in [3.63, 3.8) is 0 Å². The summed E-state index contributed by atoms with van der Waals surface area (Å²) in [4.78, 5) is 8.59. The molecule has 39 heavy (non-hydrogen) atoms. The van der Waals surface area contributed by atoms with Crippen molar-refractivity contribution >= 4 is 42.2 Å². The van der Waals surface area contributed by atoms with Crippen LogP contribution < -0.4 is 16.2 Å². The van der Waals surface area contributed by atoms with Crippen molar-refractivity contribution < 1.29 is 5.48 Å². The molecule has 0 saturated carbocycles. The van der Waals surface area contributed by atoms with Crippen molar-refractivity contribution in [2.45, 2.75) is 27.7 Å². The Kier molecular flexibility index (Phi) is 11.4. The van der Waals surface area contributed by atoms with Crippen LogP contribution >= 0.6 is 0 Å². The Labute approximate surface area is 238 Å². The van der Waals surface area contributed by atoms with Gasteiger partial charge in [0.25, 0.3) is 0 Å². The van der Waals surface area contributed by atoms with Crippen molar-refractivity contribution in [2.75, 3.05) is 5.43 Å². The van der Waals surface area contributed by atoms with Crippen molar-refractivity contribution in [2.24, 2.45) is 5.10 Å². The number of aromatic nitrogens is 2. The molecule has 4 aromatic carbocycles. The molecule has 5 rings (SSSR count). The molecule has 0 aliphatic heterocycles. The topological polar surface area (TPSA) is 81.7 Å². The molecular weight excluding hydrogens is 587 g/mol. The van der Waals surface area contributed by atoms with Gasteiger partial charge in [-0.2, -0.15) is 5.10 Å². The molecule has 0 amide bonds. The van der Waals surface area contributed by atoms with Crippen LogP contribution in [0.3, 0.4) is 0 Å². The summed E-state index contributed by atoms with van der Waals surface area (Å²) in [5.41, 5.74) is 8.02. The van der Waals surface area contributed by atoms with Crippen LogP contribution in [-0.2, 0) is 0 Å². The van der Waals surface area contributed by atoms with Crippen LogP contribution in [0.25, 0.3) is 0 Å². The van der Waals surface area contributed by atoms with Gasteiger partial charge in [0.2, 0.25) is 5.95 Å². The van der Waals surface area contributed by atoms with E-state index in [-0.39, 0.29) is 5.48 Å². The van der Waals surface area contributed by atoms with E-state index in [9.17, 15) is 0 Å². The van der Waals surface area contributed by atoms with Crippen LogP contribution in [0, 0.1) is 20.8 Å². The molecular formula is C33H35N4OSn. The zero-order valence-corrected chi connectivity index (χ0v) is 25.7. The van der Waals surface area contributed by atoms with Crippen molar-refractivity contribution in [1.82, 2.24) is 9.97 Å². The normalized spacial score (nSPS) is 10.7. The Morgan fingerprint density at radius 2 is 1.03 bits per heavy atom. The Morgan fingerprint density at radius 1 is 0.615 bits per heavy atom. The number of rotatable bonds is 6. The van der Waals surface area contributed by atoms with Gasteiger partial charge in [0.1, 0.15) is 0 Å². The first-order valence-electron chi connectivity index (χ1n) is 12.7. The zero-order valence-electron chi connectivity index (χ0n) is 22.9. The van der Waals surface area contributed by atoms with Crippen LogP contribution in [0.1, 0.15) is 29.4 Å². The summed E-state index contributed by atoms with van der Waals surface area (Å²) in [6.45, 7) is 7.93. The molecule has 1 aromatic heterocycles. The number of nitrogens with zero attached hydrogens (tertiary/aromatic N) is 3. The van der Waals surface area contributed by atoms with Gasteiger partial charge in [-0.15, -0.1) is 0 Å². The van der Waals surface area contributed by atoms with Gasteiger partial charge >= 0.3 is 121 Å². The third-order valence-corrected chi connectivity index (χ3v) is 13.8. The minimum absolute atomic E-state index is 0. The van der Waals surface area contributed by atoms with Crippen LogP contribution in [0.15, 0.2) is 126 Å². The number of nitrogens with one attached hydrogen (secondary N) is 1. The van der Waals surface area contributed by atoms with E-state index in [1.54, 1.807) is 0 Å². The second kappa shape index (κ2) is 15.0. The van der Waals surface area contributed by atoms with Gasteiger partial charge in [-0.1, -0.05) is 24.3 Å². The number of benzene rings is 4. The van der Waals surface area contributed by atoms with E-state index in [0.717, 1.165) is 22.7 Å². The Hall–Kier alpha value is -3.81. The second-order valence-corrected chi connectivity index (χ2v) is 16.2. The quantitative estimate of drug-likeness (QED) is 0.171. The predicted molar refractivity (Wildman–Crippen MR) is 166 cm³/mol. The van der Waals surface area contributed by atoms with Crippen LogP contribution in [0.4, 0.5) is 5.95 Å². The van der Waals surface area contributed by atoms with Crippen molar-refractivity contribution in [3.8, 4) is 0 Å². The first-order chi connectivity index (χ1) is 18.5. The molecule has 0 atom stereocenters. The zero-order chi connectivity index (χ0) is 26.7. The van der Waals surface area contributed by atoms with E-state index < -0.39 is 19.8 Å². The van der Waals surface area contributed by atoms with E-state index >= 15 is 0 Å². The molecule has 0 bridgehead atoms. The average Bonchev–Trinajstić information content (AvgIpc) is 2.94. The van der Waals surface area contributed by atoms with E-state index in [1.807, 2.05) is 39.0 Å². The summed E-state index contributed by atoms with van der Waals surface area (Å²) in [5, 5.41) is 4.35. The number of anilines is 1.